The van der Waals surface area contributed by atoms with Crippen molar-refractivity contribution >= 4 is 16.8 Å². The van der Waals surface area contributed by atoms with Gasteiger partial charge in [0, 0.05) is 42.1 Å². The highest BCUT2D eigenvalue weighted by atomic mass is 16.5. The van der Waals surface area contributed by atoms with E-state index in [-0.39, 0.29) is 11.8 Å². The third kappa shape index (κ3) is 4.62. The van der Waals surface area contributed by atoms with E-state index in [0.29, 0.717) is 6.54 Å². The molecule has 1 saturated heterocycles. The fourth-order valence-corrected chi connectivity index (χ4v) is 4.76. The van der Waals surface area contributed by atoms with Crippen LogP contribution in [0.4, 0.5) is 0 Å². The molecule has 4 rings (SSSR count). The van der Waals surface area contributed by atoms with E-state index in [1.807, 2.05) is 24.3 Å². The number of likely N-dealkylation sites (tertiary alicyclic amines) is 1. The van der Waals surface area contributed by atoms with E-state index in [9.17, 15) is 4.79 Å². The molecule has 0 bridgehead atoms. The normalized spacial score (nSPS) is 15.3. The van der Waals surface area contributed by atoms with E-state index in [1.54, 1.807) is 7.11 Å². The first kappa shape index (κ1) is 21.4. The average molecular weight is 420 g/mol. The largest absolute Gasteiger partial charge is 0.497 e. The second kappa shape index (κ2) is 9.56. The number of benzene rings is 2. The van der Waals surface area contributed by atoms with E-state index in [0.717, 1.165) is 50.3 Å². The SMILES string of the molecule is CCn1c(C)c(CN2CCC(C(=O)NCc3ccc(OC)cc3)CC2)c2ccccc21. The molecular formula is C26H33N3O2. The summed E-state index contributed by atoms with van der Waals surface area (Å²) in [4.78, 5) is 15.2. The Labute approximate surface area is 185 Å². The van der Waals surface area contributed by atoms with Gasteiger partial charge in [0.05, 0.1) is 7.11 Å². The number of carbonyl (C=O) groups excluding carboxylic acids is 1. The Hall–Kier alpha value is -2.79. The fourth-order valence-electron chi connectivity index (χ4n) is 4.76. The molecule has 1 fully saturated rings. The van der Waals surface area contributed by atoms with Crippen LogP contribution in [0.15, 0.2) is 48.5 Å². The number of hydrogen-bond donors (Lipinski definition) is 1. The molecule has 2 aromatic carbocycles. The standard InChI is InChI=1S/C26H33N3O2/c1-4-29-19(2)24(23-7-5-6-8-25(23)29)18-28-15-13-21(14-16-28)26(30)27-17-20-9-11-22(31-3)12-10-20/h5-12,21H,4,13-18H2,1-3H3,(H,27,30). The highest BCUT2D eigenvalue weighted by Crippen LogP contribution is 2.28. The maximum absolute atomic E-state index is 12.7. The second-order valence-corrected chi connectivity index (χ2v) is 8.44. The lowest BCUT2D eigenvalue weighted by molar-refractivity contribution is -0.126. The molecule has 1 amide bonds. The average Bonchev–Trinajstić information content (AvgIpc) is 3.09. The van der Waals surface area contributed by atoms with E-state index in [1.165, 1.54) is 22.2 Å². The van der Waals surface area contributed by atoms with Gasteiger partial charge in [-0.3, -0.25) is 9.69 Å². The van der Waals surface area contributed by atoms with Gasteiger partial charge in [-0.1, -0.05) is 30.3 Å². The molecule has 3 aromatic rings. The third-order valence-electron chi connectivity index (χ3n) is 6.64. The van der Waals surface area contributed by atoms with Crippen molar-refractivity contribution in [2.24, 2.45) is 5.92 Å². The summed E-state index contributed by atoms with van der Waals surface area (Å²) >= 11 is 0. The van der Waals surface area contributed by atoms with Crippen molar-refractivity contribution in [3.05, 3.63) is 65.4 Å². The number of amides is 1. The van der Waals surface area contributed by atoms with Gasteiger partial charge in [0.2, 0.25) is 5.91 Å². The molecular weight excluding hydrogens is 386 g/mol. The van der Waals surface area contributed by atoms with E-state index >= 15 is 0 Å². The summed E-state index contributed by atoms with van der Waals surface area (Å²) < 4.78 is 7.59. The number of rotatable bonds is 7. The number of hydrogen-bond acceptors (Lipinski definition) is 3. The molecule has 5 heteroatoms. The van der Waals surface area contributed by atoms with Gasteiger partial charge in [0.1, 0.15) is 5.75 Å². The Kier molecular flexibility index (Phi) is 6.62. The van der Waals surface area contributed by atoms with Crippen molar-refractivity contribution in [3.8, 4) is 5.75 Å². The number of para-hydroxylation sites is 1. The van der Waals surface area contributed by atoms with Gasteiger partial charge in [-0.2, -0.15) is 0 Å². The maximum Gasteiger partial charge on any atom is 0.223 e. The molecule has 0 atom stereocenters. The lowest BCUT2D eigenvalue weighted by atomic mass is 9.95. The van der Waals surface area contributed by atoms with Crippen LogP contribution in [-0.4, -0.2) is 35.6 Å². The van der Waals surface area contributed by atoms with Crippen LogP contribution in [0.2, 0.25) is 0 Å². The highest BCUT2D eigenvalue weighted by Gasteiger charge is 2.26. The van der Waals surface area contributed by atoms with Crippen molar-refractivity contribution in [3.63, 3.8) is 0 Å². The van der Waals surface area contributed by atoms with Crippen molar-refractivity contribution in [2.75, 3.05) is 20.2 Å². The summed E-state index contributed by atoms with van der Waals surface area (Å²) in [5.41, 5.74) is 5.21. The van der Waals surface area contributed by atoms with E-state index in [4.69, 9.17) is 4.74 Å². The van der Waals surface area contributed by atoms with Crippen molar-refractivity contribution in [2.45, 2.75) is 46.3 Å². The molecule has 1 aliphatic heterocycles. The molecule has 31 heavy (non-hydrogen) atoms. The van der Waals surface area contributed by atoms with Crippen LogP contribution >= 0.6 is 0 Å². The zero-order valence-corrected chi connectivity index (χ0v) is 18.9. The Morgan fingerprint density at radius 1 is 1.10 bits per heavy atom. The summed E-state index contributed by atoms with van der Waals surface area (Å²) in [5.74, 6) is 1.11. The molecule has 1 aromatic heterocycles. The maximum atomic E-state index is 12.7. The zero-order valence-electron chi connectivity index (χ0n) is 18.9. The zero-order chi connectivity index (χ0) is 21.8. The van der Waals surface area contributed by atoms with Gasteiger partial charge in [-0.15, -0.1) is 0 Å². The lowest BCUT2D eigenvalue weighted by Gasteiger charge is -2.31. The first-order chi connectivity index (χ1) is 15.1. The summed E-state index contributed by atoms with van der Waals surface area (Å²) in [6.45, 7) is 8.88. The summed E-state index contributed by atoms with van der Waals surface area (Å²) in [6, 6.07) is 16.6. The van der Waals surface area contributed by atoms with Crippen LogP contribution in [0.1, 0.15) is 36.6 Å². The number of piperidine rings is 1. The first-order valence-corrected chi connectivity index (χ1v) is 11.3. The number of nitrogens with zero attached hydrogens (tertiary/aromatic N) is 2. The summed E-state index contributed by atoms with van der Waals surface area (Å²) in [5, 5.41) is 4.48. The van der Waals surface area contributed by atoms with Crippen molar-refractivity contribution in [1.82, 2.24) is 14.8 Å². The van der Waals surface area contributed by atoms with Crippen LogP contribution in [-0.2, 0) is 24.4 Å². The molecule has 0 unspecified atom stereocenters. The quantitative estimate of drug-likeness (QED) is 0.613. The van der Waals surface area contributed by atoms with Crippen molar-refractivity contribution < 1.29 is 9.53 Å². The predicted octanol–water partition coefficient (Wildman–Crippen LogP) is 4.51. The minimum atomic E-state index is 0.104. The van der Waals surface area contributed by atoms with Gasteiger partial charge in [-0.25, -0.2) is 0 Å². The number of fused-ring (bicyclic) bond motifs is 1. The van der Waals surface area contributed by atoms with Gasteiger partial charge >= 0.3 is 0 Å². The monoisotopic (exact) mass is 419 g/mol. The second-order valence-electron chi connectivity index (χ2n) is 8.44. The van der Waals surface area contributed by atoms with Crippen LogP contribution in [0, 0.1) is 12.8 Å². The van der Waals surface area contributed by atoms with E-state index in [2.05, 4.69) is 52.9 Å². The lowest BCUT2D eigenvalue weighted by Crippen LogP contribution is -2.40. The van der Waals surface area contributed by atoms with Crippen molar-refractivity contribution in [1.29, 1.82) is 0 Å². The third-order valence-corrected chi connectivity index (χ3v) is 6.64. The molecule has 0 radical (unpaired) electrons. The van der Waals surface area contributed by atoms with E-state index < -0.39 is 0 Å². The molecule has 0 saturated carbocycles. The molecule has 1 aliphatic rings. The van der Waals surface area contributed by atoms with Crippen LogP contribution < -0.4 is 10.1 Å². The van der Waals surface area contributed by atoms with Crippen LogP contribution in [0.3, 0.4) is 0 Å². The molecule has 5 nitrogen and oxygen atoms in total. The van der Waals surface area contributed by atoms with Gasteiger partial charge in [-0.05, 0) is 69.1 Å². The number of methoxy groups -OCH3 is 1. The molecule has 1 N–H and O–H groups in total. The number of ether oxygens (including phenoxy) is 1. The molecule has 164 valence electrons. The van der Waals surface area contributed by atoms with Crippen LogP contribution in [0.5, 0.6) is 5.75 Å². The first-order valence-electron chi connectivity index (χ1n) is 11.3. The Morgan fingerprint density at radius 3 is 2.48 bits per heavy atom. The van der Waals surface area contributed by atoms with Gasteiger partial charge in [0.15, 0.2) is 0 Å². The number of nitrogens with one attached hydrogen (secondary N) is 1. The van der Waals surface area contributed by atoms with Gasteiger partial charge < -0.3 is 14.6 Å². The molecule has 2 heterocycles. The Balaban J connectivity index is 1.32. The summed E-state index contributed by atoms with van der Waals surface area (Å²) in [7, 11) is 1.66. The minimum Gasteiger partial charge on any atom is -0.497 e. The minimum absolute atomic E-state index is 0.104. The van der Waals surface area contributed by atoms with Crippen LogP contribution in [0.25, 0.3) is 10.9 Å². The highest BCUT2D eigenvalue weighted by molar-refractivity contribution is 5.85. The number of carbonyl (C=O) groups is 1. The number of aromatic nitrogens is 1. The molecule has 0 spiro atoms. The Bertz CT molecular complexity index is 1030. The predicted molar refractivity (Wildman–Crippen MR) is 125 cm³/mol. The fraction of sp³-hybridized carbons (Fsp3) is 0.423. The Morgan fingerprint density at radius 2 is 1.81 bits per heavy atom. The smallest absolute Gasteiger partial charge is 0.223 e. The topological polar surface area (TPSA) is 46.5 Å². The molecule has 0 aliphatic carbocycles. The summed E-state index contributed by atoms with van der Waals surface area (Å²) in [6.07, 6.45) is 1.83. The number of aryl methyl sites for hydroxylation is 1. The van der Waals surface area contributed by atoms with Gasteiger partial charge in [0.25, 0.3) is 0 Å².